The quantitative estimate of drug-likeness (QED) is 0.470. The molecule has 5 nitrogen and oxygen atoms in total. The van der Waals surface area contributed by atoms with Gasteiger partial charge in [0.15, 0.2) is 4.83 Å². The molecule has 27 heavy (non-hydrogen) atoms. The molecule has 2 aromatic heterocycles. The maximum absolute atomic E-state index is 12.7. The molecule has 0 aliphatic heterocycles. The highest BCUT2D eigenvalue weighted by molar-refractivity contribution is 7.21. The van der Waals surface area contributed by atoms with Gasteiger partial charge in [-0.1, -0.05) is 53.2 Å². The minimum Gasteiger partial charge on any atom is -0.494 e. The van der Waals surface area contributed by atoms with Crippen LogP contribution in [0.3, 0.4) is 0 Å². The molecule has 2 aromatic carbocycles. The van der Waals surface area contributed by atoms with E-state index in [9.17, 15) is 4.79 Å². The van der Waals surface area contributed by atoms with Crippen LogP contribution in [0, 0.1) is 6.92 Å². The Balaban J connectivity index is 1.45. The lowest BCUT2D eigenvalue weighted by molar-refractivity contribution is 0.296. The minimum atomic E-state index is -0.103. The van der Waals surface area contributed by atoms with Crippen LogP contribution in [0.2, 0.25) is 0 Å². The van der Waals surface area contributed by atoms with E-state index in [2.05, 4.69) is 10.3 Å². The molecule has 6 heteroatoms. The van der Waals surface area contributed by atoms with Gasteiger partial charge >= 0.3 is 0 Å². The zero-order valence-corrected chi connectivity index (χ0v) is 15.8. The van der Waals surface area contributed by atoms with E-state index in [1.165, 1.54) is 21.6 Å². The van der Waals surface area contributed by atoms with Crippen molar-refractivity contribution < 1.29 is 4.74 Å². The first-order valence-corrected chi connectivity index (χ1v) is 9.64. The summed E-state index contributed by atoms with van der Waals surface area (Å²) in [6, 6.07) is 19.8. The Bertz CT molecular complexity index is 1100. The first-order valence-electron chi connectivity index (χ1n) is 8.83. The molecule has 0 bridgehead atoms. The summed E-state index contributed by atoms with van der Waals surface area (Å²) in [4.78, 5) is 14.4. The number of ether oxygens (including phenoxy) is 1. The molecule has 0 aliphatic rings. The molecular formula is C21H19N3O2S. The Labute approximate surface area is 160 Å². The van der Waals surface area contributed by atoms with Crippen LogP contribution in [0.15, 0.2) is 65.5 Å². The molecule has 0 atom stereocenters. The molecule has 136 valence electrons. The van der Waals surface area contributed by atoms with Gasteiger partial charge in [0.2, 0.25) is 0 Å². The second-order valence-corrected chi connectivity index (χ2v) is 7.36. The average molecular weight is 377 g/mol. The van der Waals surface area contributed by atoms with Crippen molar-refractivity contribution in [3.05, 3.63) is 76.6 Å². The van der Waals surface area contributed by atoms with Gasteiger partial charge in [-0.3, -0.25) is 4.79 Å². The van der Waals surface area contributed by atoms with Crippen LogP contribution in [0.25, 0.3) is 20.7 Å². The van der Waals surface area contributed by atoms with Gasteiger partial charge in [0, 0.05) is 17.8 Å². The van der Waals surface area contributed by atoms with E-state index in [0.717, 1.165) is 16.2 Å². The third-order valence-corrected chi connectivity index (χ3v) is 5.35. The Kier molecular flexibility index (Phi) is 4.98. The van der Waals surface area contributed by atoms with Gasteiger partial charge < -0.3 is 4.74 Å². The van der Waals surface area contributed by atoms with E-state index in [4.69, 9.17) is 4.74 Å². The van der Waals surface area contributed by atoms with Crippen molar-refractivity contribution in [1.29, 1.82) is 0 Å². The normalized spacial score (nSPS) is 11.0. The van der Waals surface area contributed by atoms with Crippen molar-refractivity contribution in [2.45, 2.75) is 19.9 Å². The summed E-state index contributed by atoms with van der Waals surface area (Å²) >= 11 is 1.49. The lowest BCUT2D eigenvalue weighted by Gasteiger charge is -2.07. The SMILES string of the molecule is Cc1ccc(OCCCn2nnc3sc(-c4ccccc4)cc3c2=O)cc1. The van der Waals surface area contributed by atoms with Crippen LogP contribution in [0.5, 0.6) is 5.75 Å². The van der Waals surface area contributed by atoms with Crippen molar-refractivity contribution in [2.24, 2.45) is 0 Å². The Morgan fingerprint density at radius 3 is 2.63 bits per heavy atom. The van der Waals surface area contributed by atoms with Crippen LogP contribution in [0.1, 0.15) is 12.0 Å². The maximum atomic E-state index is 12.7. The van der Waals surface area contributed by atoms with Crippen LogP contribution in [-0.2, 0) is 6.54 Å². The van der Waals surface area contributed by atoms with Crippen molar-refractivity contribution in [2.75, 3.05) is 6.61 Å². The van der Waals surface area contributed by atoms with Gasteiger partial charge in [-0.25, -0.2) is 4.68 Å². The zero-order valence-electron chi connectivity index (χ0n) is 15.0. The summed E-state index contributed by atoms with van der Waals surface area (Å²) in [6.45, 7) is 3.04. The van der Waals surface area contributed by atoms with Gasteiger partial charge in [-0.2, -0.15) is 0 Å². The van der Waals surface area contributed by atoms with Gasteiger partial charge in [-0.15, -0.1) is 16.4 Å². The molecular weight excluding hydrogens is 358 g/mol. The largest absolute Gasteiger partial charge is 0.494 e. The van der Waals surface area contributed by atoms with Crippen LogP contribution in [-0.4, -0.2) is 21.6 Å². The number of benzene rings is 2. The number of thiophene rings is 1. The van der Waals surface area contributed by atoms with E-state index < -0.39 is 0 Å². The second-order valence-electron chi connectivity index (χ2n) is 6.33. The number of hydrogen-bond acceptors (Lipinski definition) is 5. The lowest BCUT2D eigenvalue weighted by Crippen LogP contribution is -2.24. The molecule has 0 radical (unpaired) electrons. The van der Waals surface area contributed by atoms with Crippen molar-refractivity contribution in [3.8, 4) is 16.2 Å². The predicted octanol–water partition coefficient (Wildman–Crippen LogP) is 4.30. The van der Waals surface area contributed by atoms with Crippen molar-refractivity contribution in [1.82, 2.24) is 15.0 Å². The zero-order chi connectivity index (χ0) is 18.6. The van der Waals surface area contributed by atoms with Gasteiger partial charge in [0.05, 0.1) is 12.0 Å². The molecule has 0 unspecified atom stereocenters. The molecule has 2 heterocycles. The number of aryl methyl sites for hydroxylation is 2. The molecule has 0 spiro atoms. The van der Waals surface area contributed by atoms with Crippen molar-refractivity contribution in [3.63, 3.8) is 0 Å². The molecule has 0 saturated carbocycles. The van der Waals surface area contributed by atoms with Crippen LogP contribution < -0.4 is 10.3 Å². The monoisotopic (exact) mass is 377 g/mol. The number of fused-ring (bicyclic) bond motifs is 1. The van der Waals surface area contributed by atoms with E-state index in [1.54, 1.807) is 0 Å². The number of hydrogen-bond donors (Lipinski definition) is 0. The highest BCUT2D eigenvalue weighted by Crippen LogP contribution is 2.30. The fourth-order valence-corrected chi connectivity index (χ4v) is 3.79. The minimum absolute atomic E-state index is 0.103. The predicted molar refractivity (Wildman–Crippen MR) is 108 cm³/mol. The second kappa shape index (κ2) is 7.72. The van der Waals surface area contributed by atoms with Gasteiger partial charge in [-0.05, 0) is 30.7 Å². The van der Waals surface area contributed by atoms with Crippen LogP contribution in [0.4, 0.5) is 0 Å². The van der Waals surface area contributed by atoms with Gasteiger partial charge in [0.25, 0.3) is 5.56 Å². The number of nitrogens with zero attached hydrogens (tertiary/aromatic N) is 3. The third kappa shape index (κ3) is 3.90. The fraction of sp³-hybridized carbons (Fsp3) is 0.190. The van der Waals surface area contributed by atoms with E-state index in [1.807, 2.05) is 67.6 Å². The first kappa shape index (κ1) is 17.4. The fourth-order valence-electron chi connectivity index (χ4n) is 2.81. The topological polar surface area (TPSA) is 57.0 Å². The van der Waals surface area contributed by atoms with Gasteiger partial charge in [0.1, 0.15) is 5.75 Å². The number of aromatic nitrogens is 3. The highest BCUT2D eigenvalue weighted by Gasteiger charge is 2.11. The average Bonchev–Trinajstić information content (AvgIpc) is 3.14. The molecule has 4 rings (SSSR count). The number of rotatable bonds is 6. The molecule has 0 amide bonds. The maximum Gasteiger partial charge on any atom is 0.278 e. The van der Waals surface area contributed by atoms with E-state index in [0.29, 0.717) is 29.8 Å². The molecule has 0 N–H and O–H groups in total. The van der Waals surface area contributed by atoms with E-state index >= 15 is 0 Å². The van der Waals surface area contributed by atoms with Crippen LogP contribution >= 0.6 is 11.3 Å². The smallest absolute Gasteiger partial charge is 0.278 e. The summed E-state index contributed by atoms with van der Waals surface area (Å²) < 4.78 is 7.13. The lowest BCUT2D eigenvalue weighted by atomic mass is 10.2. The first-order chi connectivity index (χ1) is 13.2. The van der Waals surface area contributed by atoms with E-state index in [-0.39, 0.29) is 5.56 Å². The molecule has 0 fully saturated rings. The summed E-state index contributed by atoms with van der Waals surface area (Å²) in [5.74, 6) is 0.833. The summed E-state index contributed by atoms with van der Waals surface area (Å²) in [5.41, 5.74) is 2.18. The molecule has 4 aromatic rings. The Morgan fingerprint density at radius 2 is 1.85 bits per heavy atom. The summed E-state index contributed by atoms with van der Waals surface area (Å²) in [5, 5.41) is 8.92. The van der Waals surface area contributed by atoms with Crippen molar-refractivity contribution >= 4 is 21.6 Å². The highest BCUT2D eigenvalue weighted by atomic mass is 32.1. The third-order valence-electron chi connectivity index (χ3n) is 4.28. The summed E-state index contributed by atoms with van der Waals surface area (Å²) in [6.07, 6.45) is 0.684. The Morgan fingerprint density at radius 1 is 1.07 bits per heavy atom. The standard InChI is InChI=1S/C21H19N3O2S/c1-15-8-10-17(11-9-15)26-13-5-12-24-21(25)18-14-19(27-20(18)22-23-24)16-6-3-2-4-7-16/h2-4,6-11,14H,5,12-13H2,1H3. The Hall–Kier alpha value is -2.99. The molecule has 0 saturated heterocycles. The molecule has 0 aliphatic carbocycles. The summed E-state index contributed by atoms with van der Waals surface area (Å²) in [7, 11) is 0.